The highest BCUT2D eigenvalue weighted by atomic mass is 19.1. The highest BCUT2D eigenvalue weighted by Crippen LogP contribution is 2.11. The Balaban J connectivity index is 1.77. The fraction of sp³-hybridized carbons (Fsp3) is 0.143. The van der Waals surface area contributed by atoms with Crippen LogP contribution in [0, 0.1) is 15.9 Å². The average Bonchev–Trinajstić information content (AvgIpc) is 2.51. The maximum Gasteiger partial charge on any atom is 0.338 e. The molecule has 0 aliphatic rings. The van der Waals surface area contributed by atoms with E-state index in [1.807, 2.05) is 0 Å². The third-order valence-electron chi connectivity index (χ3n) is 2.66. The van der Waals surface area contributed by atoms with Crippen LogP contribution in [-0.2, 0) is 4.74 Å². The van der Waals surface area contributed by atoms with Crippen LogP contribution in [0.2, 0.25) is 0 Å². The van der Waals surface area contributed by atoms with Gasteiger partial charge in [-0.2, -0.15) is 0 Å². The lowest BCUT2D eigenvalue weighted by atomic mass is 10.2. The molecule has 0 bridgehead atoms. The van der Waals surface area contributed by atoms with Gasteiger partial charge in [-0.15, -0.1) is 0 Å². The third-order valence-corrected chi connectivity index (χ3v) is 2.66. The molecule has 0 amide bonds. The van der Waals surface area contributed by atoms with Crippen molar-refractivity contribution in [2.75, 3.05) is 18.5 Å². The second kappa shape index (κ2) is 7.11. The number of hydrogen-bond donors (Lipinski definition) is 1. The van der Waals surface area contributed by atoms with Gasteiger partial charge in [0.1, 0.15) is 24.4 Å². The van der Waals surface area contributed by atoms with Gasteiger partial charge in [-0.1, -0.05) is 6.07 Å². The summed E-state index contributed by atoms with van der Waals surface area (Å²) in [6.45, 7) is 0.319. The van der Waals surface area contributed by atoms with Gasteiger partial charge in [-0.25, -0.2) is 14.2 Å². The maximum atomic E-state index is 13.0. The van der Waals surface area contributed by atoms with Gasteiger partial charge in [0.2, 0.25) is 0 Å². The zero-order valence-electron chi connectivity index (χ0n) is 11.4. The molecule has 0 atom stereocenters. The van der Waals surface area contributed by atoms with Crippen LogP contribution in [0.4, 0.5) is 15.9 Å². The standard InChI is InChI=1S/C14H12FN3O4/c15-11-3-1-2-10(8-11)14(19)22-7-6-16-13-5-4-12(9-17-13)18(20)21/h1-5,8-9H,6-7H2,(H,16,17). The van der Waals surface area contributed by atoms with Crippen molar-refractivity contribution in [1.82, 2.24) is 4.98 Å². The van der Waals surface area contributed by atoms with E-state index >= 15 is 0 Å². The Labute approximate surface area is 124 Å². The van der Waals surface area contributed by atoms with Crippen LogP contribution < -0.4 is 5.32 Å². The van der Waals surface area contributed by atoms with Crippen LogP contribution in [0.1, 0.15) is 10.4 Å². The minimum atomic E-state index is -0.627. The van der Waals surface area contributed by atoms with Gasteiger partial charge in [0.25, 0.3) is 5.69 Å². The minimum absolute atomic E-state index is 0.0496. The number of esters is 1. The molecule has 0 fully saturated rings. The van der Waals surface area contributed by atoms with Crippen LogP contribution in [0.3, 0.4) is 0 Å². The number of halogens is 1. The Bertz CT molecular complexity index is 676. The van der Waals surface area contributed by atoms with E-state index in [4.69, 9.17) is 4.74 Å². The monoisotopic (exact) mass is 305 g/mol. The van der Waals surface area contributed by atoms with E-state index in [0.29, 0.717) is 5.82 Å². The number of pyridine rings is 1. The molecule has 1 aromatic heterocycles. The van der Waals surface area contributed by atoms with E-state index in [1.165, 1.54) is 30.3 Å². The van der Waals surface area contributed by atoms with E-state index in [0.717, 1.165) is 12.3 Å². The summed E-state index contributed by atoms with van der Waals surface area (Å²) in [6.07, 6.45) is 1.13. The molecule has 0 aliphatic heterocycles. The summed E-state index contributed by atoms with van der Waals surface area (Å²) in [4.78, 5) is 25.4. The predicted octanol–water partition coefficient (Wildman–Crippen LogP) is 2.40. The second-order valence-corrected chi connectivity index (χ2v) is 4.23. The van der Waals surface area contributed by atoms with Gasteiger partial charge in [0.15, 0.2) is 0 Å². The molecule has 2 aromatic rings. The Morgan fingerprint density at radius 1 is 1.36 bits per heavy atom. The highest BCUT2D eigenvalue weighted by molar-refractivity contribution is 5.89. The molecule has 1 N–H and O–H groups in total. The van der Waals surface area contributed by atoms with Crippen LogP contribution in [0.25, 0.3) is 0 Å². The number of ether oxygens (including phenoxy) is 1. The number of anilines is 1. The van der Waals surface area contributed by atoms with E-state index in [2.05, 4.69) is 10.3 Å². The molecular weight excluding hydrogens is 293 g/mol. The number of hydrogen-bond acceptors (Lipinski definition) is 6. The van der Waals surface area contributed by atoms with Crippen molar-refractivity contribution in [3.05, 3.63) is 64.1 Å². The van der Waals surface area contributed by atoms with E-state index < -0.39 is 16.7 Å². The normalized spacial score (nSPS) is 10.0. The Kier molecular flexibility index (Phi) is 4.97. The van der Waals surface area contributed by atoms with Crippen LogP contribution in [0.15, 0.2) is 42.6 Å². The molecule has 1 aromatic carbocycles. The number of nitrogens with zero attached hydrogens (tertiary/aromatic N) is 2. The fourth-order valence-corrected chi connectivity index (χ4v) is 1.62. The molecule has 2 rings (SSSR count). The molecule has 0 spiro atoms. The van der Waals surface area contributed by atoms with E-state index in [1.54, 1.807) is 0 Å². The number of rotatable bonds is 6. The fourth-order valence-electron chi connectivity index (χ4n) is 1.62. The number of carbonyl (C=O) groups excluding carboxylic acids is 1. The van der Waals surface area contributed by atoms with Crippen LogP contribution in [0.5, 0.6) is 0 Å². The molecule has 8 heteroatoms. The Hall–Kier alpha value is -3.03. The van der Waals surface area contributed by atoms with Gasteiger partial charge in [0, 0.05) is 6.07 Å². The van der Waals surface area contributed by atoms with Crippen molar-refractivity contribution in [3.63, 3.8) is 0 Å². The molecule has 7 nitrogen and oxygen atoms in total. The van der Waals surface area contributed by atoms with Crippen molar-refractivity contribution in [2.24, 2.45) is 0 Å². The first kappa shape index (κ1) is 15.4. The topological polar surface area (TPSA) is 94.4 Å². The summed E-state index contributed by atoms with van der Waals surface area (Å²) in [7, 11) is 0. The van der Waals surface area contributed by atoms with Gasteiger partial charge in [-0.05, 0) is 24.3 Å². The molecule has 0 saturated heterocycles. The maximum absolute atomic E-state index is 13.0. The summed E-state index contributed by atoms with van der Waals surface area (Å²) in [5.74, 6) is -0.715. The first-order valence-corrected chi connectivity index (χ1v) is 6.33. The molecule has 114 valence electrons. The molecular formula is C14H12FN3O4. The van der Waals surface area contributed by atoms with E-state index in [-0.39, 0.29) is 24.4 Å². The third kappa shape index (κ3) is 4.23. The largest absolute Gasteiger partial charge is 0.460 e. The van der Waals surface area contributed by atoms with Crippen molar-refractivity contribution in [2.45, 2.75) is 0 Å². The Morgan fingerprint density at radius 2 is 2.18 bits per heavy atom. The molecule has 22 heavy (non-hydrogen) atoms. The SMILES string of the molecule is O=C(OCCNc1ccc([N+](=O)[O-])cn1)c1cccc(F)c1. The Morgan fingerprint density at radius 3 is 2.82 bits per heavy atom. The lowest BCUT2D eigenvalue weighted by molar-refractivity contribution is -0.385. The van der Waals surface area contributed by atoms with E-state index in [9.17, 15) is 19.3 Å². The average molecular weight is 305 g/mol. The first-order chi connectivity index (χ1) is 10.6. The summed E-state index contributed by atoms with van der Waals surface area (Å²) in [6, 6.07) is 7.97. The quantitative estimate of drug-likeness (QED) is 0.381. The molecule has 0 unspecified atom stereocenters. The lowest BCUT2D eigenvalue weighted by Crippen LogP contribution is -2.14. The van der Waals surface area contributed by atoms with Crippen molar-refractivity contribution < 1.29 is 18.8 Å². The number of nitro groups is 1. The zero-order valence-corrected chi connectivity index (χ0v) is 11.4. The van der Waals surface area contributed by atoms with Crippen LogP contribution >= 0.6 is 0 Å². The van der Waals surface area contributed by atoms with Gasteiger partial charge in [-0.3, -0.25) is 10.1 Å². The van der Waals surface area contributed by atoms with Crippen LogP contribution in [-0.4, -0.2) is 29.0 Å². The van der Waals surface area contributed by atoms with Gasteiger partial charge in [0.05, 0.1) is 17.0 Å². The van der Waals surface area contributed by atoms with Crippen molar-refractivity contribution >= 4 is 17.5 Å². The number of nitrogens with one attached hydrogen (secondary N) is 1. The molecule has 0 aliphatic carbocycles. The number of carbonyl (C=O) groups is 1. The lowest BCUT2D eigenvalue weighted by Gasteiger charge is -2.07. The summed E-state index contributed by atoms with van der Waals surface area (Å²) >= 11 is 0. The van der Waals surface area contributed by atoms with Crippen molar-refractivity contribution in [3.8, 4) is 0 Å². The molecule has 0 saturated carbocycles. The smallest absolute Gasteiger partial charge is 0.338 e. The predicted molar refractivity (Wildman–Crippen MR) is 76.1 cm³/mol. The summed E-state index contributed by atoms with van der Waals surface area (Å²) < 4.78 is 17.9. The first-order valence-electron chi connectivity index (χ1n) is 6.33. The highest BCUT2D eigenvalue weighted by Gasteiger charge is 2.08. The molecule has 0 radical (unpaired) electrons. The number of aromatic nitrogens is 1. The molecule has 1 heterocycles. The van der Waals surface area contributed by atoms with Gasteiger partial charge < -0.3 is 10.1 Å². The summed E-state index contributed by atoms with van der Waals surface area (Å²) in [5.41, 5.74) is 0.0246. The van der Waals surface area contributed by atoms with Crippen molar-refractivity contribution in [1.29, 1.82) is 0 Å². The number of benzene rings is 1. The second-order valence-electron chi connectivity index (χ2n) is 4.23. The minimum Gasteiger partial charge on any atom is -0.460 e. The van der Waals surface area contributed by atoms with Gasteiger partial charge >= 0.3 is 5.97 Å². The zero-order chi connectivity index (χ0) is 15.9. The summed E-state index contributed by atoms with van der Waals surface area (Å²) in [5, 5.41) is 13.3.